The molecule has 0 aliphatic heterocycles. The molecule has 26 heavy (non-hydrogen) atoms. The third-order valence-corrected chi connectivity index (χ3v) is 5.05. The Balaban J connectivity index is 1.84. The number of H-pyrrole nitrogens is 1. The predicted molar refractivity (Wildman–Crippen MR) is 106 cm³/mol. The van der Waals surface area contributed by atoms with Crippen LogP contribution in [0.4, 0.5) is 0 Å². The molecular weight excluding hydrogens is 438 g/mol. The highest BCUT2D eigenvalue weighted by Gasteiger charge is 2.14. The number of carbonyl (C=O) groups is 1. The van der Waals surface area contributed by atoms with Crippen molar-refractivity contribution in [3.05, 3.63) is 72.6 Å². The summed E-state index contributed by atoms with van der Waals surface area (Å²) in [6.45, 7) is 0.116. The van der Waals surface area contributed by atoms with Crippen LogP contribution in [-0.4, -0.2) is 20.7 Å². The van der Waals surface area contributed by atoms with Gasteiger partial charge in [0.15, 0.2) is 10.6 Å². The summed E-state index contributed by atoms with van der Waals surface area (Å²) < 4.78 is 2.01. The quantitative estimate of drug-likeness (QED) is 0.521. The number of hydrogen-bond acceptors (Lipinski definition) is 3. The summed E-state index contributed by atoms with van der Waals surface area (Å²) in [6, 6.07) is 9.72. The van der Waals surface area contributed by atoms with Crippen LogP contribution < -0.4 is 5.32 Å². The average molecular weight is 448 g/mol. The van der Waals surface area contributed by atoms with Gasteiger partial charge in [-0.1, -0.05) is 46.4 Å². The average Bonchev–Trinajstić information content (AvgIpc) is 2.96. The number of nitrogens with zero attached hydrogens (tertiary/aromatic N) is 2. The Bertz CT molecular complexity index is 1050. The molecule has 0 bridgehead atoms. The highest BCUT2D eigenvalue weighted by atomic mass is 35.5. The van der Waals surface area contributed by atoms with E-state index in [1.807, 2.05) is 0 Å². The summed E-state index contributed by atoms with van der Waals surface area (Å²) in [5, 5.41) is 11.1. The monoisotopic (exact) mass is 446 g/mol. The first-order valence-electron chi connectivity index (χ1n) is 7.22. The van der Waals surface area contributed by atoms with Crippen molar-refractivity contribution in [2.75, 3.05) is 0 Å². The molecular formula is C16H10Cl4N4OS. The van der Waals surface area contributed by atoms with Crippen LogP contribution in [-0.2, 0) is 6.54 Å². The van der Waals surface area contributed by atoms with Crippen molar-refractivity contribution < 1.29 is 4.79 Å². The third kappa shape index (κ3) is 4.05. The Hall–Kier alpha value is -1.57. The fourth-order valence-electron chi connectivity index (χ4n) is 2.27. The van der Waals surface area contributed by atoms with E-state index < -0.39 is 0 Å². The van der Waals surface area contributed by atoms with E-state index in [1.54, 1.807) is 34.9 Å². The number of aromatic nitrogens is 3. The summed E-state index contributed by atoms with van der Waals surface area (Å²) in [5.74, 6) is 0.132. The number of aromatic amines is 1. The van der Waals surface area contributed by atoms with E-state index in [0.29, 0.717) is 36.9 Å². The van der Waals surface area contributed by atoms with E-state index in [-0.39, 0.29) is 17.5 Å². The molecule has 10 heteroatoms. The predicted octanol–water partition coefficient (Wildman–Crippen LogP) is 5.47. The van der Waals surface area contributed by atoms with Crippen LogP contribution in [0.3, 0.4) is 0 Å². The van der Waals surface area contributed by atoms with Crippen molar-refractivity contribution in [1.29, 1.82) is 0 Å². The minimum Gasteiger partial charge on any atom is -0.345 e. The largest absolute Gasteiger partial charge is 0.345 e. The molecule has 0 atom stereocenters. The van der Waals surface area contributed by atoms with Crippen LogP contribution >= 0.6 is 58.6 Å². The zero-order valence-electron chi connectivity index (χ0n) is 12.9. The molecule has 5 nitrogen and oxygen atoms in total. The second-order valence-electron chi connectivity index (χ2n) is 5.19. The maximum Gasteiger partial charge on any atom is 0.253 e. The fraction of sp³-hybridized carbons (Fsp3) is 0.0625. The number of nitrogens with one attached hydrogen (secondary N) is 2. The lowest BCUT2D eigenvalue weighted by atomic mass is 10.2. The maximum absolute atomic E-state index is 12.4. The van der Waals surface area contributed by atoms with Crippen molar-refractivity contribution >= 4 is 64.5 Å². The summed E-state index contributed by atoms with van der Waals surface area (Å²) in [4.78, 5) is 12.4. The maximum atomic E-state index is 12.4. The summed E-state index contributed by atoms with van der Waals surface area (Å²) >= 11 is 29.2. The first-order chi connectivity index (χ1) is 12.4. The number of carbonyl (C=O) groups excluding carboxylic acids is 1. The van der Waals surface area contributed by atoms with Crippen molar-refractivity contribution in [2.24, 2.45) is 0 Å². The minimum absolute atomic E-state index is 0.116. The Morgan fingerprint density at radius 1 is 1.08 bits per heavy atom. The number of amides is 1. The number of halogens is 4. The topological polar surface area (TPSA) is 62.7 Å². The molecule has 3 rings (SSSR count). The van der Waals surface area contributed by atoms with Gasteiger partial charge in [0.25, 0.3) is 5.91 Å². The van der Waals surface area contributed by atoms with E-state index >= 15 is 0 Å². The summed E-state index contributed by atoms with van der Waals surface area (Å²) in [7, 11) is 0. The van der Waals surface area contributed by atoms with Gasteiger partial charge in [0, 0.05) is 5.02 Å². The number of rotatable bonds is 4. The van der Waals surface area contributed by atoms with Crippen LogP contribution in [0.25, 0.3) is 5.69 Å². The van der Waals surface area contributed by atoms with E-state index in [0.717, 1.165) is 0 Å². The fourth-order valence-corrected chi connectivity index (χ4v) is 3.31. The van der Waals surface area contributed by atoms with E-state index in [1.165, 1.54) is 6.07 Å². The second kappa shape index (κ2) is 7.98. The van der Waals surface area contributed by atoms with Gasteiger partial charge in [-0.3, -0.25) is 14.5 Å². The zero-order chi connectivity index (χ0) is 18.8. The van der Waals surface area contributed by atoms with Gasteiger partial charge >= 0.3 is 0 Å². The summed E-state index contributed by atoms with van der Waals surface area (Å²) in [5.41, 5.74) is 0.984. The van der Waals surface area contributed by atoms with Crippen molar-refractivity contribution in [3.8, 4) is 5.69 Å². The molecule has 1 heterocycles. The molecule has 0 spiro atoms. The molecule has 3 aromatic rings. The first-order valence-corrected chi connectivity index (χ1v) is 9.14. The molecule has 0 saturated carbocycles. The van der Waals surface area contributed by atoms with Gasteiger partial charge in [0.05, 0.1) is 32.9 Å². The molecule has 0 radical (unpaired) electrons. The lowest BCUT2D eigenvalue weighted by Gasteiger charge is -2.10. The standard InChI is InChI=1S/C16H10Cl4N4OS/c17-8-1-3-10(12(19)5-8)15(25)21-7-14-22-23-16(26)24(14)9-2-4-11(18)13(20)6-9/h1-6H,7H2,(H,21,25)(H,23,26). The van der Waals surface area contributed by atoms with Gasteiger partial charge in [-0.2, -0.15) is 5.10 Å². The normalized spacial score (nSPS) is 10.8. The Labute approximate surface area is 173 Å². The number of hydrogen-bond donors (Lipinski definition) is 2. The molecule has 2 N–H and O–H groups in total. The smallest absolute Gasteiger partial charge is 0.253 e. The molecule has 0 unspecified atom stereocenters. The molecule has 134 valence electrons. The second-order valence-corrected chi connectivity index (χ2v) is 7.23. The van der Waals surface area contributed by atoms with Gasteiger partial charge < -0.3 is 5.32 Å². The van der Waals surface area contributed by atoms with Gasteiger partial charge in [0.2, 0.25) is 0 Å². The lowest BCUT2D eigenvalue weighted by Crippen LogP contribution is -2.25. The molecule has 1 aromatic heterocycles. The minimum atomic E-state index is -0.360. The Morgan fingerprint density at radius 3 is 2.54 bits per heavy atom. The molecule has 0 aliphatic rings. The van der Waals surface area contributed by atoms with Crippen molar-refractivity contribution in [2.45, 2.75) is 6.54 Å². The first kappa shape index (κ1) is 19.2. The highest BCUT2D eigenvalue weighted by Crippen LogP contribution is 2.25. The molecule has 0 aliphatic carbocycles. The van der Waals surface area contributed by atoms with Crippen LogP contribution in [0.1, 0.15) is 16.2 Å². The zero-order valence-corrected chi connectivity index (χ0v) is 16.7. The molecule has 2 aromatic carbocycles. The van der Waals surface area contributed by atoms with Gasteiger partial charge in [0.1, 0.15) is 0 Å². The van der Waals surface area contributed by atoms with E-state index in [2.05, 4.69) is 15.5 Å². The van der Waals surface area contributed by atoms with Crippen molar-refractivity contribution in [3.63, 3.8) is 0 Å². The van der Waals surface area contributed by atoms with Gasteiger partial charge in [-0.15, -0.1) is 0 Å². The van der Waals surface area contributed by atoms with E-state index in [4.69, 9.17) is 58.6 Å². The van der Waals surface area contributed by atoms with Crippen LogP contribution in [0.2, 0.25) is 20.1 Å². The van der Waals surface area contributed by atoms with Crippen molar-refractivity contribution in [1.82, 2.24) is 20.1 Å². The molecule has 1 amide bonds. The molecule has 0 fully saturated rings. The van der Waals surface area contributed by atoms with E-state index in [9.17, 15) is 4.79 Å². The highest BCUT2D eigenvalue weighted by molar-refractivity contribution is 7.71. The number of benzene rings is 2. The SMILES string of the molecule is O=C(NCc1n[nH]c(=S)n1-c1ccc(Cl)c(Cl)c1)c1ccc(Cl)cc1Cl. The third-order valence-electron chi connectivity index (χ3n) is 3.49. The van der Waals surface area contributed by atoms with Gasteiger partial charge in [-0.25, -0.2) is 0 Å². The lowest BCUT2D eigenvalue weighted by molar-refractivity contribution is 0.0950. The molecule has 0 saturated heterocycles. The van der Waals surface area contributed by atoms with Crippen LogP contribution in [0.5, 0.6) is 0 Å². The van der Waals surface area contributed by atoms with Gasteiger partial charge in [-0.05, 0) is 48.6 Å². The Morgan fingerprint density at radius 2 is 1.85 bits per heavy atom. The van der Waals surface area contributed by atoms with Crippen LogP contribution in [0.15, 0.2) is 36.4 Å². The summed E-state index contributed by atoms with van der Waals surface area (Å²) in [6.07, 6.45) is 0. The van der Waals surface area contributed by atoms with Crippen LogP contribution in [0, 0.1) is 4.77 Å². The Kier molecular flexibility index (Phi) is 5.89.